The van der Waals surface area contributed by atoms with Crippen LogP contribution in [0.3, 0.4) is 0 Å². The number of nitrogens with zero attached hydrogens (tertiary/aromatic N) is 2. The fraction of sp³-hybridized carbons (Fsp3) is 0.250. The minimum Gasteiger partial charge on any atom is -0.449 e. The Balaban J connectivity index is 1.28. The van der Waals surface area contributed by atoms with E-state index in [1.165, 1.54) is 11.3 Å². The molecule has 3 amide bonds. The average Bonchev–Trinajstić information content (AvgIpc) is 3.60. The van der Waals surface area contributed by atoms with Crippen LogP contribution >= 0.6 is 11.3 Å². The van der Waals surface area contributed by atoms with Crippen molar-refractivity contribution in [1.29, 1.82) is 0 Å². The monoisotopic (exact) mass is 627 g/mol. The van der Waals surface area contributed by atoms with Gasteiger partial charge in [-0.15, -0.1) is 11.3 Å². The number of nitrogens with two attached hydrogens (primary N) is 3. The van der Waals surface area contributed by atoms with Gasteiger partial charge in [0.15, 0.2) is 11.0 Å². The normalized spacial score (nSPS) is 13.2. The minimum atomic E-state index is -1.39. The fourth-order valence-electron chi connectivity index (χ4n) is 5.36. The lowest BCUT2D eigenvalue weighted by Gasteiger charge is -2.22. The van der Waals surface area contributed by atoms with Gasteiger partial charge in [0.05, 0.1) is 22.7 Å². The Hall–Kier alpha value is -5.30. The first-order chi connectivity index (χ1) is 21.7. The first-order valence-corrected chi connectivity index (χ1v) is 15.2. The summed E-state index contributed by atoms with van der Waals surface area (Å²) in [5.41, 5.74) is 21.1. The number of carbonyl (C=O) groups excluding carboxylic acids is 4. The second-order valence-electron chi connectivity index (χ2n) is 10.6. The van der Waals surface area contributed by atoms with Crippen molar-refractivity contribution in [2.75, 3.05) is 13.2 Å². The molecule has 12 nitrogen and oxygen atoms in total. The maximum Gasteiger partial charge on any atom is 0.407 e. The van der Waals surface area contributed by atoms with Gasteiger partial charge in [-0.2, -0.15) is 0 Å². The summed E-state index contributed by atoms with van der Waals surface area (Å²) < 4.78 is 6.38. The van der Waals surface area contributed by atoms with Crippen LogP contribution in [-0.2, 0) is 14.3 Å². The van der Waals surface area contributed by atoms with Crippen molar-refractivity contribution in [3.8, 4) is 11.1 Å². The van der Waals surface area contributed by atoms with Crippen molar-refractivity contribution in [1.82, 2.24) is 15.6 Å². The molecule has 5 rings (SSSR count). The Labute approximate surface area is 263 Å². The zero-order valence-electron chi connectivity index (χ0n) is 24.3. The summed E-state index contributed by atoms with van der Waals surface area (Å²) in [6, 6.07) is 20.6. The molecule has 8 N–H and O–H groups in total. The Kier molecular flexibility index (Phi) is 9.68. The lowest BCUT2D eigenvalue weighted by molar-refractivity contribution is -0.127. The molecule has 0 bridgehead atoms. The average molecular weight is 628 g/mol. The van der Waals surface area contributed by atoms with E-state index in [-0.39, 0.29) is 36.5 Å². The molecule has 0 saturated carbocycles. The maximum atomic E-state index is 13.5. The third-order valence-corrected chi connectivity index (χ3v) is 8.49. The van der Waals surface area contributed by atoms with E-state index in [1.54, 1.807) is 6.07 Å². The minimum absolute atomic E-state index is 0.00821. The molecule has 13 heteroatoms. The van der Waals surface area contributed by atoms with Crippen LogP contribution in [-0.4, -0.2) is 59.9 Å². The number of benzene rings is 3. The molecule has 1 aliphatic carbocycles. The van der Waals surface area contributed by atoms with Gasteiger partial charge in [0.2, 0.25) is 17.6 Å². The molecule has 232 valence electrons. The molecule has 1 heterocycles. The lowest BCUT2D eigenvalue weighted by atomic mass is 9.98. The number of hydrogen-bond acceptors (Lipinski definition) is 8. The number of carbonyl (C=O) groups is 4. The number of fused-ring (bicyclic) bond motifs is 4. The van der Waals surface area contributed by atoms with Gasteiger partial charge in [0, 0.05) is 12.5 Å². The second-order valence-corrected chi connectivity index (χ2v) is 11.6. The summed E-state index contributed by atoms with van der Waals surface area (Å²) >= 11 is 1.20. The third kappa shape index (κ3) is 7.44. The number of primary amides is 1. The van der Waals surface area contributed by atoms with Gasteiger partial charge in [0.1, 0.15) is 12.6 Å². The molecule has 2 atom stereocenters. The Bertz CT molecular complexity index is 1690. The van der Waals surface area contributed by atoms with Crippen LogP contribution in [0.15, 0.2) is 77.8 Å². The van der Waals surface area contributed by atoms with E-state index < -0.39 is 42.2 Å². The van der Waals surface area contributed by atoms with E-state index in [4.69, 9.17) is 21.9 Å². The van der Waals surface area contributed by atoms with Gasteiger partial charge in [-0.1, -0.05) is 60.7 Å². The predicted octanol–water partition coefficient (Wildman–Crippen LogP) is 2.80. The molecule has 0 aliphatic heterocycles. The van der Waals surface area contributed by atoms with Crippen LogP contribution in [0.25, 0.3) is 21.3 Å². The SMILES string of the molecule is NC(=O)C[C@H](NC(=O)OCC1c2ccccc2-c2ccccc21)C(=O)N[C@@H](CCCN=C(N)N)C(=O)c1nc2ccccc2s1. The van der Waals surface area contributed by atoms with Gasteiger partial charge in [-0.05, 0) is 47.2 Å². The number of aromatic nitrogens is 1. The van der Waals surface area contributed by atoms with Crippen molar-refractivity contribution in [2.45, 2.75) is 37.3 Å². The van der Waals surface area contributed by atoms with E-state index in [9.17, 15) is 19.2 Å². The molecule has 0 spiro atoms. The van der Waals surface area contributed by atoms with Crippen molar-refractivity contribution >= 4 is 51.2 Å². The standard InChI is InChI=1S/C32H33N7O5S/c33-27(40)16-25(39-32(43)44-17-22-20-10-3-1-8-18(20)19-9-2-4-11-21(19)22)29(42)37-24(13-7-15-36-31(34)35)28(41)30-38-23-12-5-6-14-26(23)45-30/h1-6,8-12,14,22,24-25H,7,13,15-17H2,(H2,33,40)(H,37,42)(H,39,43)(H4,34,35,36)/t24-,25-/m0/s1. The van der Waals surface area contributed by atoms with Crippen molar-refractivity contribution in [2.24, 2.45) is 22.2 Å². The molecule has 45 heavy (non-hydrogen) atoms. The quantitative estimate of drug-likeness (QED) is 0.0643. The van der Waals surface area contributed by atoms with Crippen molar-refractivity contribution in [3.63, 3.8) is 0 Å². The van der Waals surface area contributed by atoms with Crippen LogP contribution < -0.4 is 27.8 Å². The number of thiazole rings is 1. The highest BCUT2D eigenvalue weighted by Gasteiger charge is 2.32. The van der Waals surface area contributed by atoms with Crippen LogP contribution in [0, 0.1) is 0 Å². The van der Waals surface area contributed by atoms with E-state index >= 15 is 0 Å². The highest BCUT2D eigenvalue weighted by Crippen LogP contribution is 2.44. The van der Waals surface area contributed by atoms with E-state index in [0.717, 1.165) is 27.0 Å². The molecule has 0 radical (unpaired) electrons. The molecule has 0 fully saturated rings. The number of guanidine groups is 1. The van der Waals surface area contributed by atoms with Gasteiger partial charge in [-0.3, -0.25) is 19.4 Å². The summed E-state index contributed by atoms with van der Waals surface area (Å²) in [5.74, 6) is -2.32. The van der Waals surface area contributed by atoms with Crippen LogP contribution in [0.1, 0.15) is 46.1 Å². The summed E-state index contributed by atoms with van der Waals surface area (Å²) in [5, 5.41) is 5.33. The van der Waals surface area contributed by atoms with Crippen molar-refractivity contribution < 1.29 is 23.9 Å². The van der Waals surface area contributed by atoms with E-state index in [1.807, 2.05) is 66.7 Å². The molecule has 1 aromatic heterocycles. The summed E-state index contributed by atoms with van der Waals surface area (Å²) in [7, 11) is 0. The number of aliphatic imine (C=N–C) groups is 1. The summed E-state index contributed by atoms with van der Waals surface area (Å²) in [6.07, 6.45) is -0.878. The molecular formula is C32H33N7O5S. The largest absolute Gasteiger partial charge is 0.449 e. The fourth-order valence-corrected chi connectivity index (χ4v) is 6.32. The zero-order valence-corrected chi connectivity index (χ0v) is 25.1. The van der Waals surface area contributed by atoms with E-state index in [0.29, 0.717) is 11.9 Å². The van der Waals surface area contributed by atoms with Gasteiger partial charge < -0.3 is 32.6 Å². The smallest absolute Gasteiger partial charge is 0.407 e. The summed E-state index contributed by atoms with van der Waals surface area (Å²) in [6.45, 7) is 0.235. The number of rotatable bonds is 13. The topological polar surface area (TPSA) is 205 Å². The summed E-state index contributed by atoms with van der Waals surface area (Å²) in [4.78, 5) is 60.2. The molecule has 0 saturated heterocycles. The number of ether oxygens (including phenoxy) is 1. The maximum absolute atomic E-state index is 13.5. The molecule has 3 aromatic carbocycles. The number of para-hydroxylation sites is 1. The first-order valence-electron chi connectivity index (χ1n) is 14.4. The van der Waals surface area contributed by atoms with Crippen LogP contribution in [0.4, 0.5) is 4.79 Å². The molecular weight excluding hydrogens is 594 g/mol. The zero-order chi connectivity index (χ0) is 31.9. The Morgan fingerprint density at radius 3 is 2.16 bits per heavy atom. The van der Waals surface area contributed by atoms with Gasteiger partial charge in [0.25, 0.3) is 0 Å². The number of alkyl carbamates (subject to hydrolysis) is 1. The van der Waals surface area contributed by atoms with Crippen molar-refractivity contribution in [3.05, 3.63) is 88.9 Å². The highest BCUT2D eigenvalue weighted by atomic mass is 32.1. The molecule has 1 aliphatic rings. The predicted molar refractivity (Wildman–Crippen MR) is 172 cm³/mol. The number of hydrogen-bond donors (Lipinski definition) is 5. The number of amides is 3. The highest BCUT2D eigenvalue weighted by molar-refractivity contribution is 7.20. The van der Waals surface area contributed by atoms with Crippen LogP contribution in [0.5, 0.6) is 0 Å². The van der Waals surface area contributed by atoms with Gasteiger partial charge >= 0.3 is 6.09 Å². The lowest BCUT2D eigenvalue weighted by Crippen LogP contribution is -2.53. The number of Topliss-reactive ketones (excluding diaryl/α,β-unsaturated/α-hetero) is 1. The van der Waals surface area contributed by atoms with Gasteiger partial charge in [-0.25, -0.2) is 9.78 Å². The Morgan fingerprint density at radius 2 is 1.51 bits per heavy atom. The number of ketones is 1. The van der Waals surface area contributed by atoms with E-state index in [2.05, 4.69) is 20.6 Å². The third-order valence-electron chi connectivity index (χ3n) is 7.44. The Morgan fingerprint density at radius 1 is 0.867 bits per heavy atom. The number of nitrogens with one attached hydrogen (secondary N) is 2. The molecule has 4 aromatic rings. The second kappa shape index (κ2) is 14.0. The van der Waals surface area contributed by atoms with Crippen LogP contribution in [0.2, 0.25) is 0 Å². The first kappa shape index (κ1) is 31.1. The molecule has 0 unspecified atom stereocenters.